The average molecular weight is 2010 g/mol. The average Bonchev–Trinajstić information content (AvgIpc) is 1.62. The Morgan fingerprint density at radius 2 is 0.752 bits per heavy atom. The molecule has 0 bridgehead atoms. The van der Waals surface area contributed by atoms with Gasteiger partial charge < -0.3 is 80.1 Å². The first kappa shape index (κ1) is 104. The van der Waals surface area contributed by atoms with Gasteiger partial charge in [0.1, 0.15) is 29.1 Å². The van der Waals surface area contributed by atoms with Gasteiger partial charge in [0.25, 0.3) is 23.6 Å². The van der Waals surface area contributed by atoms with E-state index in [-0.39, 0.29) is 121 Å². The SMILES string of the molecule is CCN1CCN(c2cccc(N)c2)CC1.CCN1CCN(c2cccc(Nc3ncc(F)c(-n4cc(C(N)=O)c5cc(F)ccc54)n3)c2)CC1.CCN1CCN(c2cccc(Nc3ncc(F)c(-n4cc(C(N)=O)c5cc(F)ccc54)n3)c2)CC1.Fc1ccc2[nH]ccc2c1.Fc1cnc(Cl)nc1Cl.NC(=O)c1c[nH]c2ccc(F)cc12.NC(=O)c1cn(-c2nc(Cl)ncc2F)c2ccc(F)cc12.[2H]CF.[H-].[Na+]. The van der Waals surface area contributed by atoms with Crippen molar-refractivity contribution in [1.82, 2.24) is 78.2 Å². The number of primary amides is 4. The molecule has 8 aromatic carbocycles. The monoisotopic (exact) mass is 2010 g/mol. The fourth-order valence-electron chi connectivity index (χ4n) is 15.6. The van der Waals surface area contributed by atoms with Crippen molar-refractivity contribution in [1.29, 1.82) is 0 Å². The zero-order chi connectivity index (χ0) is 101. The van der Waals surface area contributed by atoms with E-state index in [1.54, 1.807) is 18.3 Å². The van der Waals surface area contributed by atoms with E-state index < -0.39 is 71.5 Å². The fraction of sp³-hybridized carbons (Fsp3) is 0.196. The van der Waals surface area contributed by atoms with E-state index in [1.165, 1.54) is 117 Å². The number of rotatable bonds is 17. The van der Waals surface area contributed by atoms with Crippen LogP contribution in [0, 0.1) is 52.4 Å². The Labute approximate surface area is 840 Å². The maximum atomic E-state index is 14.8. The van der Waals surface area contributed by atoms with Crippen LogP contribution in [0.15, 0.2) is 226 Å². The molecule has 12 heterocycles. The van der Waals surface area contributed by atoms with E-state index in [1.807, 2.05) is 54.6 Å². The molecule has 0 radical (unpaired) electrons. The first-order valence-electron chi connectivity index (χ1n) is 44.0. The minimum atomic E-state index is -1.00. The van der Waals surface area contributed by atoms with Gasteiger partial charge in [-0.05, 0) is 194 Å². The molecule has 0 atom stereocenters. The Hall–Kier alpha value is -14.5. The van der Waals surface area contributed by atoms with Crippen LogP contribution in [0.2, 0.25) is 15.7 Å². The molecule has 0 aliphatic carbocycles. The summed E-state index contributed by atoms with van der Waals surface area (Å²) in [4.78, 5) is 97.1. The number of alkyl halides is 1. The molecule has 17 aromatic rings. The van der Waals surface area contributed by atoms with E-state index in [2.05, 4.69) is 135 Å². The zero-order valence-electron chi connectivity index (χ0n) is 78.2. The van der Waals surface area contributed by atoms with Gasteiger partial charge in [-0.1, -0.05) is 50.6 Å². The number of anilines is 8. The summed E-state index contributed by atoms with van der Waals surface area (Å²) in [6.45, 7) is 22.2. The Bertz CT molecular complexity index is 7100. The molecular formula is C97H94Cl3F10N26NaO4. The number of nitrogens with zero attached hydrogens (tertiary/aromatic N) is 17. The quantitative estimate of drug-likeness (QED) is 0.0134. The van der Waals surface area contributed by atoms with E-state index >= 15 is 0 Å². The van der Waals surface area contributed by atoms with Gasteiger partial charge in [-0.3, -0.25) is 37.3 Å². The van der Waals surface area contributed by atoms with Crippen molar-refractivity contribution < 1.29 is 95.4 Å². The van der Waals surface area contributed by atoms with Crippen molar-refractivity contribution in [2.45, 2.75) is 20.8 Å². The predicted octanol–water partition coefficient (Wildman–Crippen LogP) is 14.6. The summed E-state index contributed by atoms with van der Waals surface area (Å²) in [5.74, 6) is -7.74. The summed E-state index contributed by atoms with van der Waals surface area (Å²) in [6, 6.07) is 46.1. The number of halogens is 13. The number of fused-ring (bicyclic) bond motifs is 5. The first-order chi connectivity index (χ1) is 67.8. The molecule has 4 amide bonds. The van der Waals surface area contributed by atoms with Crippen molar-refractivity contribution >= 4 is 159 Å². The molecule has 20 rings (SSSR count). The fourth-order valence-corrected chi connectivity index (χ4v) is 16.0. The number of benzene rings is 8. The molecule has 0 unspecified atom stereocenters. The van der Waals surface area contributed by atoms with Gasteiger partial charge in [0.2, 0.25) is 22.5 Å². The number of carbonyl (C=O) groups excluding carboxylic acids is 4. The van der Waals surface area contributed by atoms with Crippen LogP contribution >= 0.6 is 34.8 Å². The van der Waals surface area contributed by atoms with Crippen LogP contribution in [-0.4, -0.2) is 207 Å². The largest absolute Gasteiger partial charge is 1.00 e. The van der Waals surface area contributed by atoms with Gasteiger partial charge in [0.05, 0.1) is 72.1 Å². The van der Waals surface area contributed by atoms with Crippen molar-refractivity contribution in [3.63, 3.8) is 0 Å². The Morgan fingerprint density at radius 1 is 0.404 bits per heavy atom. The standard InChI is InChI=1S/2C25H25F2N7O.C13H7ClF2N4O.C12H19N3.C9H7FN2O.C8H6FN.C4HCl2FN2.CH3F.Na.H/c2*1-2-32-8-10-33(11-9-32)18-5-3-4-17(13-18)30-25-29-14-21(27)24(31-25)34-15-20(23(28)35)19-12-16(26)6-7-22(19)34;14-13-18-4-9(16)12(19-13)20-5-8(11(17)21)7-3-6(15)1-2-10(7)20;1-2-14-6-8-15(9-7-14)12-5-3-4-11(13)10-12;10-5-1-2-8-6(3-5)7(4-12-8)9(11)13;9-7-1-2-8-6(5-7)3-4-10-8;5-3-2(7)1-8-4(6)9-3;1-2;;/h2*3-7,12-15H,2,8-11H2,1H3,(H2,28,35)(H,29,30,31);1-5H,(H2,17,21);3-5,10H,2,6-9,13H2,1H3;1-4,12H,(H2,11,13);1-5,10H;1H;1H3;;/q;;;;;;;;+1;-1/i;;;;;;;1D;;. The third kappa shape index (κ3) is 26.8. The molecule has 3 saturated heterocycles. The van der Waals surface area contributed by atoms with Crippen LogP contribution in [-0.2, 0) is 0 Å². The molecule has 3 aliphatic rings. The second-order valence-corrected chi connectivity index (χ2v) is 32.3. The molecule has 30 nitrogen and oxygen atoms in total. The van der Waals surface area contributed by atoms with Crippen LogP contribution in [0.4, 0.5) is 89.9 Å². The third-order valence-electron chi connectivity index (χ3n) is 22.7. The van der Waals surface area contributed by atoms with E-state index in [0.29, 0.717) is 33.0 Å². The van der Waals surface area contributed by atoms with E-state index in [4.69, 9.17) is 64.8 Å². The third-order valence-corrected chi connectivity index (χ3v) is 23.3. The first-order valence-corrected chi connectivity index (χ1v) is 44.5. The molecule has 3 fully saturated rings. The summed E-state index contributed by atoms with van der Waals surface area (Å²) >= 11 is 16.1. The van der Waals surface area contributed by atoms with Gasteiger partial charge >= 0.3 is 29.6 Å². The van der Waals surface area contributed by atoms with Gasteiger partial charge in [-0.15, -0.1) is 0 Å². The minimum absolute atomic E-state index is 0. The normalized spacial score (nSPS) is 13.2. The molecule has 44 heteroatoms. The Morgan fingerprint density at radius 3 is 1.13 bits per heavy atom. The molecule has 3 aliphatic heterocycles. The number of amides is 4. The van der Waals surface area contributed by atoms with Crippen LogP contribution in [0.25, 0.3) is 72.0 Å². The second kappa shape index (κ2) is 48.9. The number of hydrogen-bond donors (Lipinski definition) is 9. The second-order valence-electron chi connectivity index (χ2n) is 31.3. The summed E-state index contributed by atoms with van der Waals surface area (Å²) in [5.41, 5.74) is 36.2. The van der Waals surface area contributed by atoms with E-state index in [9.17, 15) is 63.1 Å². The molecule has 728 valence electrons. The number of H-pyrrole nitrogens is 2. The number of nitrogens with two attached hydrogens (primary N) is 5. The van der Waals surface area contributed by atoms with Crippen LogP contribution in [0.5, 0.6) is 0 Å². The van der Waals surface area contributed by atoms with Gasteiger partial charge in [0.15, 0.2) is 45.9 Å². The van der Waals surface area contributed by atoms with Gasteiger partial charge in [-0.25, -0.2) is 64.4 Å². The van der Waals surface area contributed by atoms with Gasteiger partial charge in [-0.2, -0.15) is 15.0 Å². The molecule has 0 saturated carbocycles. The molecule has 0 spiro atoms. The van der Waals surface area contributed by atoms with Crippen molar-refractivity contribution in [3.8, 4) is 17.5 Å². The number of hydrogen-bond acceptors (Lipinski definition) is 21. The number of aromatic amines is 2. The summed E-state index contributed by atoms with van der Waals surface area (Å²) in [6.07, 6.45) is 11.2. The number of carbonyl (C=O) groups is 4. The van der Waals surface area contributed by atoms with Crippen LogP contribution in [0.3, 0.4) is 0 Å². The summed E-state index contributed by atoms with van der Waals surface area (Å²) in [7, 11) is -1.00. The maximum absolute atomic E-state index is 14.8. The molecule has 14 N–H and O–H groups in total. The smallest absolute Gasteiger partial charge is 1.00 e. The molecule has 9 aromatic heterocycles. The van der Waals surface area contributed by atoms with Crippen LogP contribution in [0.1, 0.15) is 65.0 Å². The van der Waals surface area contributed by atoms with Crippen LogP contribution < -0.4 is 83.6 Å². The Kier molecular flexibility index (Phi) is 36.0. The Balaban J connectivity index is 0.000000167. The number of nitrogen functional groups attached to an aromatic ring is 1. The maximum Gasteiger partial charge on any atom is 1.00 e. The predicted molar refractivity (Wildman–Crippen MR) is 525 cm³/mol. The van der Waals surface area contributed by atoms with E-state index in [0.717, 1.165) is 168 Å². The zero-order valence-corrected chi connectivity index (χ0v) is 80.5. The van der Waals surface area contributed by atoms with Crippen molar-refractivity contribution in [3.05, 3.63) is 316 Å². The number of nitrogens with one attached hydrogen (secondary N) is 4. The summed E-state index contributed by atoms with van der Waals surface area (Å²) < 4.78 is 141. The minimum Gasteiger partial charge on any atom is -1.00 e. The summed E-state index contributed by atoms with van der Waals surface area (Å²) in [5, 5.41) is 8.06. The van der Waals surface area contributed by atoms with Gasteiger partial charge in [0, 0.05) is 182 Å². The molecule has 141 heavy (non-hydrogen) atoms. The number of likely N-dealkylation sites (N-methyl/N-ethyl adjacent to an activating group) is 3. The molecular weight excluding hydrogens is 1910 g/mol. The number of piperazine rings is 3. The van der Waals surface area contributed by atoms with Crippen molar-refractivity contribution in [2.75, 3.05) is 136 Å². The van der Waals surface area contributed by atoms with Crippen molar-refractivity contribution in [2.24, 2.45) is 22.9 Å². The topological polar surface area (TPSA) is 391 Å². The number of aromatic nitrogens is 13.